The molecular weight excluding hydrogens is 308 g/mol. The topological polar surface area (TPSA) is 99.4 Å². The van der Waals surface area contributed by atoms with E-state index >= 15 is 0 Å². The zero-order chi connectivity index (χ0) is 17.1. The number of benzene rings is 1. The Balaban J connectivity index is 1.78. The molecule has 126 valence electrons. The van der Waals surface area contributed by atoms with E-state index in [0.717, 1.165) is 29.0 Å². The highest BCUT2D eigenvalue weighted by molar-refractivity contribution is 5.96. The number of nitrogens with one attached hydrogen (secondary N) is 1. The van der Waals surface area contributed by atoms with Gasteiger partial charge in [-0.05, 0) is 26.0 Å². The van der Waals surface area contributed by atoms with E-state index in [0.29, 0.717) is 6.61 Å². The lowest BCUT2D eigenvalue weighted by Gasteiger charge is -2.13. The summed E-state index contributed by atoms with van der Waals surface area (Å²) in [7, 11) is 0. The molecule has 24 heavy (non-hydrogen) atoms. The van der Waals surface area contributed by atoms with Gasteiger partial charge in [0.25, 0.3) is 5.91 Å². The Labute approximate surface area is 140 Å². The summed E-state index contributed by atoms with van der Waals surface area (Å²) in [4.78, 5) is 20.1. The van der Waals surface area contributed by atoms with Gasteiger partial charge in [-0.25, -0.2) is 9.97 Å². The minimum atomic E-state index is -0.377. The summed E-state index contributed by atoms with van der Waals surface area (Å²) in [5.74, 6) is 1.32. The summed E-state index contributed by atoms with van der Waals surface area (Å²) in [6, 6.07) is 3.91. The average Bonchev–Trinajstić information content (AvgIpc) is 2.92. The molecule has 0 radical (unpaired) electrons. The summed E-state index contributed by atoms with van der Waals surface area (Å²) in [5, 5.41) is 2.80. The lowest BCUT2D eigenvalue weighted by Crippen LogP contribution is -2.25. The Morgan fingerprint density at radius 2 is 2.21 bits per heavy atom. The van der Waals surface area contributed by atoms with Crippen LogP contribution in [0.4, 0.5) is 5.82 Å². The molecule has 1 aromatic carbocycles. The van der Waals surface area contributed by atoms with E-state index in [9.17, 15) is 4.79 Å². The van der Waals surface area contributed by atoms with E-state index in [1.54, 1.807) is 0 Å². The Morgan fingerprint density at radius 1 is 1.42 bits per heavy atom. The first kappa shape index (κ1) is 16.0. The van der Waals surface area contributed by atoms with Crippen molar-refractivity contribution >= 4 is 11.7 Å². The van der Waals surface area contributed by atoms with Gasteiger partial charge in [0.1, 0.15) is 17.6 Å². The van der Waals surface area contributed by atoms with Gasteiger partial charge >= 0.3 is 0 Å². The maximum absolute atomic E-state index is 12.2. The lowest BCUT2D eigenvalue weighted by atomic mass is 10.1. The first-order chi connectivity index (χ1) is 11.6. The van der Waals surface area contributed by atoms with E-state index in [2.05, 4.69) is 15.3 Å². The summed E-state index contributed by atoms with van der Waals surface area (Å²) < 4.78 is 11.5. The van der Waals surface area contributed by atoms with E-state index in [4.69, 9.17) is 15.2 Å². The van der Waals surface area contributed by atoms with Crippen LogP contribution >= 0.6 is 0 Å². The lowest BCUT2D eigenvalue weighted by molar-refractivity contribution is 0.0946. The van der Waals surface area contributed by atoms with E-state index < -0.39 is 0 Å². The third-order valence-corrected chi connectivity index (χ3v) is 3.76. The molecule has 0 aliphatic carbocycles. The molecule has 1 aliphatic heterocycles. The highest BCUT2D eigenvalue weighted by Crippen LogP contribution is 2.35. The molecule has 1 aliphatic rings. The van der Waals surface area contributed by atoms with Gasteiger partial charge in [-0.3, -0.25) is 4.79 Å². The number of aromatic nitrogens is 2. The largest absolute Gasteiger partial charge is 0.494 e. The minimum Gasteiger partial charge on any atom is -0.494 e. The van der Waals surface area contributed by atoms with E-state index in [1.807, 2.05) is 26.0 Å². The number of nitrogen functional groups attached to an aromatic ring is 1. The smallest absolute Gasteiger partial charge is 0.273 e. The Morgan fingerprint density at radius 3 is 2.96 bits per heavy atom. The Kier molecular flexibility index (Phi) is 4.50. The second-order valence-electron chi connectivity index (χ2n) is 5.61. The summed E-state index contributed by atoms with van der Waals surface area (Å²) in [6.45, 7) is 4.79. The molecule has 2 heterocycles. The number of hydrogen-bond donors (Lipinski definition) is 2. The number of carbonyl (C=O) groups is 1. The molecule has 1 aromatic heterocycles. The van der Waals surface area contributed by atoms with Gasteiger partial charge < -0.3 is 20.5 Å². The number of fused-ring (bicyclic) bond motifs is 1. The summed E-state index contributed by atoms with van der Waals surface area (Å²) >= 11 is 0. The average molecular weight is 328 g/mol. The van der Waals surface area contributed by atoms with Crippen LogP contribution in [0.3, 0.4) is 0 Å². The second-order valence-corrected chi connectivity index (χ2v) is 5.61. The number of nitrogens with two attached hydrogens (primary N) is 1. The van der Waals surface area contributed by atoms with Crippen LogP contribution in [0.5, 0.6) is 11.5 Å². The van der Waals surface area contributed by atoms with Crippen molar-refractivity contribution in [3.63, 3.8) is 0 Å². The molecule has 2 aromatic rings. The number of anilines is 1. The van der Waals surface area contributed by atoms with Crippen molar-refractivity contribution in [1.82, 2.24) is 15.3 Å². The van der Waals surface area contributed by atoms with Crippen LogP contribution in [0.15, 0.2) is 24.5 Å². The monoisotopic (exact) mass is 328 g/mol. The number of ether oxygens (including phenoxy) is 2. The van der Waals surface area contributed by atoms with Gasteiger partial charge in [0.2, 0.25) is 0 Å². The van der Waals surface area contributed by atoms with Crippen LogP contribution in [0.1, 0.15) is 35.5 Å². The molecule has 1 atom stereocenters. The van der Waals surface area contributed by atoms with Crippen molar-refractivity contribution in [3.8, 4) is 11.5 Å². The number of amides is 1. The van der Waals surface area contributed by atoms with Gasteiger partial charge in [-0.1, -0.05) is 0 Å². The number of hydrogen-bond acceptors (Lipinski definition) is 6. The molecule has 3 rings (SSSR count). The third-order valence-electron chi connectivity index (χ3n) is 3.76. The van der Waals surface area contributed by atoms with Crippen molar-refractivity contribution in [1.29, 1.82) is 0 Å². The van der Waals surface area contributed by atoms with E-state index in [-0.39, 0.29) is 30.1 Å². The maximum atomic E-state index is 12.2. The standard InChI is InChI=1S/C17H20N4O3/c1-3-23-13-7-11-6-10(2)24-14(11)8-12(13)9-21-17(22)15-16(18)20-5-4-19-15/h4-5,7-8,10H,3,6,9H2,1-2H3,(H2,18,20)(H,21,22)/t10-/m0/s1. The highest BCUT2D eigenvalue weighted by Gasteiger charge is 2.22. The van der Waals surface area contributed by atoms with Gasteiger partial charge in [-0.2, -0.15) is 0 Å². The van der Waals surface area contributed by atoms with Crippen LogP contribution in [-0.4, -0.2) is 28.6 Å². The van der Waals surface area contributed by atoms with E-state index in [1.165, 1.54) is 12.4 Å². The summed E-state index contributed by atoms with van der Waals surface area (Å²) in [5.41, 5.74) is 7.76. The molecule has 0 saturated carbocycles. The summed E-state index contributed by atoms with van der Waals surface area (Å²) in [6.07, 6.45) is 3.89. The van der Waals surface area contributed by atoms with Gasteiger partial charge in [0.05, 0.1) is 6.61 Å². The predicted octanol–water partition coefficient (Wildman–Crippen LogP) is 1.71. The van der Waals surface area contributed by atoms with Crippen molar-refractivity contribution in [2.75, 3.05) is 12.3 Å². The van der Waals surface area contributed by atoms with Crippen LogP contribution < -0.4 is 20.5 Å². The minimum absolute atomic E-state index is 0.103. The van der Waals surface area contributed by atoms with Crippen molar-refractivity contribution in [2.45, 2.75) is 32.9 Å². The van der Waals surface area contributed by atoms with Crippen LogP contribution in [0.2, 0.25) is 0 Å². The molecular formula is C17H20N4O3. The molecule has 1 amide bonds. The first-order valence-corrected chi connectivity index (χ1v) is 7.88. The van der Waals surface area contributed by atoms with Crippen molar-refractivity contribution in [2.24, 2.45) is 0 Å². The quantitative estimate of drug-likeness (QED) is 0.867. The molecule has 7 nitrogen and oxygen atoms in total. The molecule has 0 spiro atoms. The fourth-order valence-corrected chi connectivity index (χ4v) is 2.69. The maximum Gasteiger partial charge on any atom is 0.273 e. The van der Waals surface area contributed by atoms with Crippen LogP contribution in [0, 0.1) is 0 Å². The fraction of sp³-hybridized carbons (Fsp3) is 0.353. The molecule has 0 fully saturated rings. The number of carbonyl (C=O) groups excluding carboxylic acids is 1. The van der Waals surface area contributed by atoms with Gasteiger partial charge in [0.15, 0.2) is 11.5 Å². The van der Waals surface area contributed by atoms with Crippen molar-refractivity contribution < 1.29 is 14.3 Å². The fourth-order valence-electron chi connectivity index (χ4n) is 2.69. The first-order valence-electron chi connectivity index (χ1n) is 7.88. The SMILES string of the molecule is CCOc1cc2c(cc1CNC(=O)c1nccnc1N)O[C@@H](C)C2. The van der Waals surface area contributed by atoms with Crippen molar-refractivity contribution in [3.05, 3.63) is 41.3 Å². The molecule has 7 heteroatoms. The molecule has 0 saturated heterocycles. The third kappa shape index (κ3) is 3.24. The predicted molar refractivity (Wildman–Crippen MR) is 89.0 cm³/mol. The zero-order valence-corrected chi connectivity index (χ0v) is 13.7. The Bertz CT molecular complexity index is 763. The van der Waals surface area contributed by atoms with Crippen LogP contribution in [-0.2, 0) is 13.0 Å². The Hall–Kier alpha value is -2.83. The second kappa shape index (κ2) is 6.74. The molecule has 0 unspecified atom stereocenters. The zero-order valence-electron chi connectivity index (χ0n) is 13.7. The molecule has 0 bridgehead atoms. The highest BCUT2D eigenvalue weighted by atomic mass is 16.5. The number of nitrogens with zero attached hydrogens (tertiary/aromatic N) is 2. The number of rotatable bonds is 5. The van der Waals surface area contributed by atoms with Crippen LogP contribution in [0.25, 0.3) is 0 Å². The van der Waals surface area contributed by atoms with Gasteiger partial charge in [0, 0.05) is 36.5 Å². The normalized spacial score (nSPS) is 15.5. The van der Waals surface area contributed by atoms with Gasteiger partial charge in [-0.15, -0.1) is 0 Å². The molecule has 3 N–H and O–H groups in total.